The average molecular weight is 305 g/mol. The molecule has 0 saturated carbocycles. The van der Waals surface area contributed by atoms with Gasteiger partial charge in [-0.3, -0.25) is 0 Å². The average Bonchev–Trinajstić information content (AvgIpc) is 2.24. The molecule has 0 aliphatic carbocycles. The predicted octanol–water partition coefficient (Wildman–Crippen LogP) is 3.74. The maximum Gasteiger partial charge on any atom is 0.124 e. The molecule has 0 heterocycles. The summed E-state index contributed by atoms with van der Waals surface area (Å²) in [6.45, 7) is 7.91. The maximum atomic E-state index is 5.95. The highest BCUT2D eigenvalue weighted by Crippen LogP contribution is 2.23. The first-order valence-corrected chi connectivity index (χ1v) is 6.25. The fourth-order valence-corrected chi connectivity index (χ4v) is 1.55. The van der Waals surface area contributed by atoms with Gasteiger partial charge in [0.25, 0.3) is 0 Å². The van der Waals surface area contributed by atoms with E-state index in [1.807, 2.05) is 18.2 Å². The summed E-state index contributed by atoms with van der Waals surface area (Å²) in [6.07, 6.45) is 0. The number of benzene rings is 1. The minimum absolute atomic E-state index is 0.459. The van der Waals surface area contributed by atoms with Gasteiger partial charge < -0.3 is 10.1 Å². The number of halogens is 2. The number of nitrogens with one attached hydrogen (secondary N) is 1. The Morgan fingerprint density at radius 3 is 2.94 bits per heavy atom. The van der Waals surface area contributed by atoms with Crippen molar-refractivity contribution < 1.29 is 4.74 Å². The van der Waals surface area contributed by atoms with Gasteiger partial charge in [0.2, 0.25) is 0 Å². The van der Waals surface area contributed by atoms with E-state index in [1.165, 1.54) is 0 Å². The van der Waals surface area contributed by atoms with Gasteiger partial charge in [0, 0.05) is 21.6 Å². The lowest BCUT2D eigenvalue weighted by atomic mass is 10.2. The lowest BCUT2D eigenvalue weighted by molar-refractivity contribution is 0.356. The Bertz CT molecular complexity index is 368. The van der Waals surface area contributed by atoms with Crippen molar-refractivity contribution in [1.82, 2.24) is 5.32 Å². The molecule has 88 valence electrons. The SMILES string of the molecule is C=C(Br)COc1ccc(Cl)cc1CNCC. The van der Waals surface area contributed by atoms with Crippen molar-refractivity contribution in [1.29, 1.82) is 0 Å². The molecule has 16 heavy (non-hydrogen) atoms. The van der Waals surface area contributed by atoms with Crippen molar-refractivity contribution in [2.75, 3.05) is 13.2 Å². The molecule has 0 aliphatic rings. The van der Waals surface area contributed by atoms with Crippen LogP contribution in [0.15, 0.2) is 29.3 Å². The van der Waals surface area contributed by atoms with Gasteiger partial charge in [-0.05, 0) is 24.7 Å². The monoisotopic (exact) mass is 303 g/mol. The molecule has 0 amide bonds. The van der Waals surface area contributed by atoms with Gasteiger partial charge in [-0.25, -0.2) is 0 Å². The highest BCUT2D eigenvalue weighted by atomic mass is 79.9. The number of hydrogen-bond donors (Lipinski definition) is 1. The van der Waals surface area contributed by atoms with Crippen molar-refractivity contribution >= 4 is 27.5 Å². The number of hydrogen-bond acceptors (Lipinski definition) is 2. The molecule has 0 unspecified atom stereocenters. The molecule has 2 nitrogen and oxygen atoms in total. The summed E-state index contributed by atoms with van der Waals surface area (Å²) in [5, 5.41) is 3.97. The normalized spacial score (nSPS) is 10.2. The lowest BCUT2D eigenvalue weighted by Crippen LogP contribution is -2.13. The van der Waals surface area contributed by atoms with E-state index in [-0.39, 0.29) is 0 Å². The summed E-state index contributed by atoms with van der Waals surface area (Å²) >= 11 is 9.21. The Hall–Kier alpha value is -0.510. The smallest absolute Gasteiger partial charge is 0.124 e. The zero-order valence-electron chi connectivity index (χ0n) is 9.22. The molecule has 0 aliphatic heterocycles. The molecule has 1 aromatic carbocycles. The molecule has 0 aromatic heterocycles. The molecular formula is C12H15BrClNO. The van der Waals surface area contributed by atoms with E-state index in [2.05, 4.69) is 34.7 Å². The molecular weight excluding hydrogens is 289 g/mol. The predicted molar refractivity (Wildman–Crippen MR) is 72.4 cm³/mol. The van der Waals surface area contributed by atoms with Gasteiger partial charge in [-0.15, -0.1) is 0 Å². The van der Waals surface area contributed by atoms with Crippen molar-refractivity contribution in [3.8, 4) is 5.75 Å². The Balaban J connectivity index is 2.76. The Labute approximate surface area is 110 Å². The second-order valence-electron chi connectivity index (χ2n) is 3.34. The molecule has 1 N–H and O–H groups in total. The maximum absolute atomic E-state index is 5.95. The highest BCUT2D eigenvalue weighted by Gasteiger charge is 2.04. The van der Waals surface area contributed by atoms with Crippen LogP contribution in [0.1, 0.15) is 12.5 Å². The molecule has 0 bridgehead atoms. The summed E-state index contributed by atoms with van der Waals surface area (Å²) in [5.74, 6) is 0.839. The topological polar surface area (TPSA) is 21.3 Å². The van der Waals surface area contributed by atoms with Crippen molar-refractivity contribution in [2.24, 2.45) is 0 Å². The first-order valence-electron chi connectivity index (χ1n) is 5.08. The molecule has 0 fully saturated rings. The van der Waals surface area contributed by atoms with Gasteiger partial charge in [-0.1, -0.05) is 41.0 Å². The van der Waals surface area contributed by atoms with E-state index >= 15 is 0 Å². The van der Waals surface area contributed by atoms with Gasteiger partial charge in [0.15, 0.2) is 0 Å². The Morgan fingerprint density at radius 2 is 2.31 bits per heavy atom. The minimum atomic E-state index is 0.459. The zero-order valence-corrected chi connectivity index (χ0v) is 11.6. The molecule has 0 spiro atoms. The molecule has 0 saturated heterocycles. The zero-order chi connectivity index (χ0) is 12.0. The van der Waals surface area contributed by atoms with Gasteiger partial charge in [0.1, 0.15) is 12.4 Å². The van der Waals surface area contributed by atoms with Gasteiger partial charge >= 0.3 is 0 Å². The summed E-state index contributed by atoms with van der Waals surface area (Å²) < 4.78 is 6.42. The van der Waals surface area contributed by atoms with E-state index in [0.717, 1.165) is 33.9 Å². The van der Waals surface area contributed by atoms with Crippen molar-refractivity contribution in [3.05, 3.63) is 39.8 Å². The second kappa shape index (κ2) is 6.94. The van der Waals surface area contributed by atoms with Crippen LogP contribution in [0.25, 0.3) is 0 Å². The summed E-state index contributed by atoms with van der Waals surface area (Å²) in [6, 6.07) is 5.62. The number of ether oxygens (including phenoxy) is 1. The fraction of sp³-hybridized carbons (Fsp3) is 0.333. The summed E-state index contributed by atoms with van der Waals surface area (Å²) in [4.78, 5) is 0. The van der Waals surface area contributed by atoms with Crippen LogP contribution in [-0.2, 0) is 6.54 Å². The van der Waals surface area contributed by atoms with Crippen LogP contribution < -0.4 is 10.1 Å². The minimum Gasteiger partial charge on any atom is -0.488 e. The van der Waals surface area contributed by atoms with Crippen molar-refractivity contribution in [3.63, 3.8) is 0 Å². The quantitative estimate of drug-likeness (QED) is 0.864. The van der Waals surface area contributed by atoms with Crippen LogP contribution in [0, 0.1) is 0 Å². The van der Waals surface area contributed by atoms with Crippen LogP contribution >= 0.6 is 27.5 Å². The van der Waals surface area contributed by atoms with Crippen LogP contribution in [0.5, 0.6) is 5.75 Å². The third-order valence-corrected chi connectivity index (χ3v) is 2.44. The van der Waals surface area contributed by atoms with Crippen LogP contribution in [0.4, 0.5) is 0 Å². The van der Waals surface area contributed by atoms with Crippen LogP contribution in [0.2, 0.25) is 5.02 Å². The van der Waals surface area contributed by atoms with E-state index in [0.29, 0.717) is 6.61 Å². The first kappa shape index (κ1) is 13.6. The van der Waals surface area contributed by atoms with Crippen LogP contribution in [-0.4, -0.2) is 13.2 Å². The van der Waals surface area contributed by atoms with E-state index < -0.39 is 0 Å². The molecule has 1 rings (SSSR count). The van der Waals surface area contributed by atoms with E-state index in [1.54, 1.807) is 0 Å². The third-order valence-electron chi connectivity index (χ3n) is 1.97. The Morgan fingerprint density at radius 1 is 1.56 bits per heavy atom. The fourth-order valence-electron chi connectivity index (χ4n) is 1.24. The standard InChI is InChI=1S/C12H15BrClNO/c1-3-15-7-10-6-11(14)4-5-12(10)16-8-9(2)13/h4-6,15H,2-3,7-8H2,1H3. The number of rotatable bonds is 6. The first-order chi connectivity index (χ1) is 7.63. The Kier molecular flexibility index (Phi) is 5.88. The van der Waals surface area contributed by atoms with Crippen LogP contribution in [0.3, 0.4) is 0 Å². The largest absolute Gasteiger partial charge is 0.488 e. The van der Waals surface area contributed by atoms with Gasteiger partial charge in [0.05, 0.1) is 0 Å². The second-order valence-corrected chi connectivity index (χ2v) is 4.90. The molecule has 1 aromatic rings. The third kappa shape index (κ3) is 4.56. The van der Waals surface area contributed by atoms with Gasteiger partial charge in [-0.2, -0.15) is 0 Å². The molecule has 0 atom stereocenters. The lowest BCUT2D eigenvalue weighted by Gasteiger charge is -2.11. The highest BCUT2D eigenvalue weighted by molar-refractivity contribution is 9.11. The van der Waals surface area contributed by atoms with E-state index in [4.69, 9.17) is 16.3 Å². The molecule has 0 radical (unpaired) electrons. The summed E-state index contributed by atoms with van der Waals surface area (Å²) in [5.41, 5.74) is 1.06. The van der Waals surface area contributed by atoms with Crippen molar-refractivity contribution in [2.45, 2.75) is 13.5 Å². The van der Waals surface area contributed by atoms with E-state index in [9.17, 15) is 0 Å². The molecule has 4 heteroatoms. The summed E-state index contributed by atoms with van der Waals surface area (Å²) in [7, 11) is 0.